The molecule has 12 rings (SSSR count). The minimum atomic E-state index is -0.428. The lowest BCUT2D eigenvalue weighted by Crippen LogP contribution is -2.26. The van der Waals surface area contributed by atoms with E-state index in [4.69, 9.17) is 0 Å². The van der Waals surface area contributed by atoms with Crippen molar-refractivity contribution in [3.63, 3.8) is 0 Å². The van der Waals surface area contributed by atoms with Crippen LogP contribution in [0.25, 0.3) is 60.3 Å². The number of rotatable bonds is 4. The number of fused-ring (bicyclic) bond motifs is 14. The fourth-order valence-electron chi connectivity index (χ4n) is 10.2. The summed E-state index contributed by atoms with van der Waals surface area (Å²) in [5.41, 5.74) is 17.6. The highest BCUT2D eigenvalue weighted by Gasteiger charge is 2.51. The third-order valence-electron chi connectivity index (χ3n) is 12.3. The maximum atomic E-state index is 2.58. The average Bonchev–Trinajstić information content (AvgIpc) is 3.88. The molecule has 258 valence electrons. The summed E-state index contributed by atoms with van der Waals surface area (Å²) in [4.78, 5) is 4.06. The predicted molar refractivity (Wildman–Crippen MR) is 233 cm³/mol. The second kappa shape index (κ2) is 11.8. The maximum Gasteiger partial charge on any atom is 0.0726 e. The van der Waals surface area contributed by atoms with Gasteiger partial charge in [-0.25, -0.2) is 0 Å². The number of benzene rings is 8. The number of nitrogens with zero attached hydrogens (tertiary/aromatic N) is 1. The van der Waals surface area contributed by atoms with Gasteiger partial charge in [0.2, 0.25) is 0 Å². The molecule has 8 aromatic carbocycles. The van der Waals surface area contributed by atoms with Gasteiger partial charge in [0.25, 0.3) is 0 Å². The minimum absolute atomic E-state index is 0.428. The van der Waals surface area contributed by atoms with Gasteiger partial charge < -0.3 is 4.90 Å². The van der Waals surface area contributed by atoms with Gasteiger partial charge in [0, 0.05) is 26.2 Å². The summed E-state index contributed by atoms with van der Waals surface area (Å²) in [5, 5.41) is 3.82. The van der Waals surface area contributed by atoms with Gasteiger partial charge in [0.1, 0.15) is 0 Å². The van der Waals surface area contributed by atoms with Gasteiger partial charge in [-0.3, -0.25) is 0 Å². The van der Waals surface area contributed by atoms with E-state index >= 15 is 0 Å². The van der Waals surface area contributed by atoms with Gasteiger partial charge in [-0.1, -0.05) is 158 Å². The van der Waals surface area contributed by atoms with Gasteiger partial charge in [-0.05, 0) is 110 Å². The largest absolute Gasteiger partial charge is 0.309 e. The quantitative estimate of drug-likeness (QED) is 0.175. The number of allylic oxidation sites excluding steroid dienone is 1. The lowest BCUT2D eigenvalue weighted by atomic mass is 9.70. The topological polar surface area (TPSA) is 3.24 Å². The molecule has 1 aromatic heterocycles. The van der Waals surface area contributed by atoms with E-state index in [0.29, 0.717) is 0 Å². The molecule has 2 heteroatoms. The van der Waals surface area contributed by atoms with Crippen LogP contribution in [-0.2, 0) is 11.8 Å². The Labute approximate surface area is 325 Å². The van der Waals surface area contributed by atoms with Crippen molar-refractivity contribution in [1.29, 1.82) is 0 Å². The molecule has 1 nitrogen and oxygen atoms in total. The van der Waals surface area contributed by atoms with Crippen molar-refractivity contribution in [3.8, 4) is 33.4 Å². The normalized spacial score (nSPS) is 14.1. The van der Waals surface area contributed by atoms with Crippen molar-refractivity contribution in [2.24, 2.45) is 0 Å². The summed E-state index contributed by atoms with van der Waals surface area (Å²) < 4.78 is 1.34. The van der Waals surface area contributed by atoms with E-state index in [0.717, 1.165) is 18.5 Å². The molecule has 0 atom stereocenters. The van der Waals surface area contributed by atoms with Crippen LogP contribution in [0.2, 0.25) is 0 Å². The Bertz CT molecular complexity index is 2990. The lowest BCUT2D eigenvalue weighted by Gasteiger charge is -2.33. The van der Waals surface area contributed by atoms with E-state index in [1.54, 1.807) is 0 Å². The van der Waals surface area contributed by atoms with Crippen LogP contribution in [0, 0.1) is 0 Å². The van der Waals surface area contributed by atoms with E-state index < -0.39 is 5.41 Å². The van der Waals surface area contributed by atoms with E-state index in [2.05, 4.69) is 193 Å². The van der Waals surface area contributed by atoms with Crippen molar-refractivity contribution in [2.75, 3.05) is 4.90 Å². The number of hydrogen-bond acceptors (Lipinski definition) is 2. The molecule has 0 saturated carbocycles. The summed E-state index contributed by atoms with van der Waals surface area (Å²) in [6.45, 7) is 0. The number of anilines is 3. The standard InChI is InChI=1S/C53H35NS/c1-2-16-35(17-3-1)51-37-18-5-4-15-34(37)29-32-48(51)54(47-26-14-28-50-52(47)42-22-9-13-27-49(42)55-50)36-30-31-41-40-21-8-12-25-45(40)53(46(41)33-36)43-23-10-6-19-38(43)39-20-7-11-24-44(39)53/h1-12,14-26,28-33H,13,27H2. The molecule has 0 saturated heterocycles. The molecule has 3 aliphatic carbocycles. The SMILES string of the molecule is C1=Cc2c(sc3cccc(N(c4ccc5c(c4)C4(c6ccccc6-c6ccccc64)c4ccccc4-5)c4ccc5ccccc5c4-c4ccccc4)c23)CC1. The zero-order valence-corrected chi connectivity index (χ0v) is 31.0. The maximum absolute atomic E-state index is 2.58. The van der Waals surface area contributed by atoms with Crippen LogP contribution in [0.1, 0.15) is 39.1 Å². The Morgan fingerprint density at radius 2 is 1.16 bits per heavy atom. The van der Waals surface area contributed by atoms with E-state index in [-0.39, 0.29) is 0 Å². The van der Waals surface area contributed by atoms with Gasteiger partial charge in [-0.2, -0.15) is 0 Å². The van der Waals surface area contributed by atoms with Crippen molar-refractivity contribution in [1.82, 2.24) is 0 Å². The van der Waals surface area contributed by atoms with Gasteiger partial charge >= 0.3 is 0 Å². The molecule has 1 heterocycles. The van der Waals surface area contributed by atoms with E-state index in [9.17, 15) is 0 Å². The Hall–Kier alpha value is -6.48. The first-order valence-corrected chi connectivity index (χ1v) is 20.1. The highest BCUT2D eigenvalue weighted by Crippen LogP contribution is 2.63. The van der Waals surface area contributed by atoms with Crippen LogP contribution in [0.3, 0.4) is 0 Å². The van der Waals surface area contributed by atoms with Gasteiger partial charge in [0.05, 0.1) is 16.8 Å². The summed E-state index contributed by atoms with van der Waals surface area (Å²) in [6.07, 6.45) is 6.91. The Morgan fingerprint density at radius 1 is 0.509 bits per heavy atom. The molecule has 1 spiro atoms. The number of hydrogen-bond donors (Lipinski definition) is 0. The molecule has 0 radical (unpaired) electrons. The van der Waals surface area contributed by atoms with Gasteiger partial charge in [0.15, 0.2) is 0 Å². The molecular formula is C53H35NS. The first kappa shape index (κ1) is 30.9. The Kier molecular flexibility index (Phi) is 6.61. The summed E-state index contributed by atoms with van der Waals surface area (Å²) >= 11 is 1.96. The second-order valence-electron chi connectivity index (χ2n) is 15.0. The smallest absolute Gasteiger partial charge is 0.0726 e. The fraction of sp³-hybridized carbons (Fsp3) is 0.0566. The number of thiophene rings is 1. The first-order valence-electron chi connectivity index (χ1n) is 19.3. The molecule has 0 unspecified atom stereocenters. The third kappa shape index (κ3) is 4.23. The van der Waals surface area contributed by atoms with Crippen LogP contribution in [-0.4, -0.2) is 0 Å². The number of aryl methyl sites for hydroxylation is 1. The van der Waals surface area contributed by atoms with Crippen LogP contribution >= 0.6 is 11.3 Å². The monoisotopic (exact) mass is 717 g/mol. The van der Waals surface area contributed by atoms with Gasteiger partial charge in [-0.15, -0.1) is 11.3 Å². The lowest BCUT2D eigenvalue weighted by molar-refractivity contribution is 0.793. The highest BCUT2D eigenvalue weighted by molar-refractivity contribution is 7.19. The minimum Gasteiger partial charge on any atom is -0.309 e. The zero-order chi connectivity index (χ0) is 36.1. The summed E-state index contributed by atoms with van der Waals surface area (Å²) in [6, 6.07) is 66.0. The van der Waals surface area contributed by atoms with Crippen LogP contribution in [0.5, 0.6) is 0 Å². The zero-order valence-electron chi connectivity index (χ0n) is 30.2. The van der Waals surface area contributed by atoms with Crippen molar-refractivity contribution < 1.29 is 0 Å². The predicted octanol–water partition coefficient (Wildman–Crippen LogP) is 14.5. The van der Waals surface area contributed by atoms with Crippen LogP contribution in [0.15, 0.2) is 182 Å². The summed E-state index contributed by atoms with van der Waals surface area (Å²) in [5.74, 6) is 0. The van der Waals surface area contributed by atoms with Crippen molar-refractivity contribution in [2.45, 2.75) is 18.3 Å². The molecule has 0 N–H and O–H groups in total. The Morgan fingerprint density at radius 3 is 1.91 bits per heavy atom. The third-order valence-corrected chi connectivity index (χ3v) is 13.6. The van der Waals surface area contributed by atoms with Crippen LogP contribution in [0.4, 0.5) is 17.1 Å². The Balaban J connectivity index is 1.21. The highest BCUT2D eigenvalue weighted by atomic mass is 32.1. The van der Waals surface area contributed by atoms with E-state index in [1.165, 1.54) is 98.3 Å². The molecule has 55 heavy (non-hydrogen) atoms. The van der Waals surface area contributed by atoms with E-state index in [1.807, 2.05) is 11.3 Å². The molecule has 0 amide bonds. The average molecular weight is 718 g/mol. The molecule has 0 aliphatic heterocycles. The second-order valence-corrected chi connectivity index (χ2v) is 16.2. The molecular weight excluding hydrogens is 683 g/mol. The molecule has 9 aromatic rings. The molecule has 0 bridgehead atoms. The fourth-order valence-corrected chi connectivity index (χ4v) is 11.4. The summed E-state index contributed by atoms with van der Waals surface area (Å²) in [7, 11) is 0. The van der Waals surface area contributed by atoms with Crippen molar-refractivity contribution in [3.05, 3.63) is 215 Å². The molecule has 0 fully saturated rings. The first-order chi connectivity index (χ1) is 27.3. The molecule has 3 aliphatic rings. The van der Waals surface area contributed by atoms with Crippen molar-refractivity contribution >= 4 is 55.3 Å². The van der Waals surface area contributed by atoms with Crippen LogP contribution < -0.4 is 4.90 Å².